The number of hydrogen-bond donors (Lipinski definition) is 2. The van der Waals surface area contributed by atoms with Crippen LogP contribution in [-0.2, 0) is 16.8 Å². The van der Waals surface area contributed by atoms with Crippen LogP contribution >= 0.6 is 0 Å². The van der Waals surface area contributed by atoms with E-state index in [0.29, 0.717) is 11.8 Å². The molecule has 4 rings (SSSR count). The lowest BCUT2D eigenvalue weighted by molar-refractivity contribution is -0.124. The average Bonchev–Trinajstić information content (AvgIpc) is 2.99. The van der Waals surface area contributed by atoms with Gasteiger partial charge in [-0.05, 0) is 70.2 Å². The number of nitrogens with one attached hydrogen (secondary N) is 2. The van der Waals surface area contributed by atoms with Crippen molar-refractivity contribution in [3.8, 4) is 0 Å². The van der Waals surface area contributed by atoms with E-state index in [0.717, 1.165) is 37.3 Å². The number of amides is 1. The van der Waals surface area contributed by atoms with Gasteiger partial charge in [0.15, 0.2) is 0 Å². The molecule has 2 aliphatic carbocycles. The molecule has 1 saturated carbocycles. The van der Waals surface area contributed by atoms with Gasteiger partial charge in [0.2, 0.25) is 5.91 Å². The molecule has 1 aromatic rings. The number of piperidine rings is 1. The number of carbonyl (C=O) groups excluding carboxylic acids is 1. The molecule has 0 bridgehead atoms. The van der Waals surface area contributed by atoms with Gasteiger partial charge in [-0.15, -0.1) is 0 Å². The highest BCUT2D eigenvalue weighted by molar-refractivity contribution is 5.83. The van der Waals surface area contributed by atoms with E-state index in [-0.39, 0.29) is 11.8 Å². The normalized spacial score (nSPS) is 28.2. The Labute approximate surface area is 137 Å². The molecule has 1 saturated heterocycles. The van der Waals surface area contributed by atoms with E-state index >= 15 is 0 Å². The molecule has 2 N–H and O–H groups in total. The molecule has 0 radical (unpaired) electrons. The quantitative estimate of drug-likeness (QED) is 0.899. The molecular weight excluding hydrogens is 286 g/mol. The van der Waals surface area contributed by atoms with Crippen LogP contribution in [0.4, 0.5) is 0 Å². The number of fused-ring (bicyclic) bond motifs is 2. The molecule has 4 nitrogen and oxygen atoms in total. The highest BCUT2D eigenvalue weighted by atomic mass is 16.2. The van der Waals surface area contributed by atoms with Gasteiger partial charge < -0.3 is 10.6 Å². The number of allylic oxidation sites excluding steroid dienone is 1. The Hall–Kier alpha value is -1.68. The van der Waals surface area contributed by atoms with E-state index in [4.69, 9.17) is 4.98 Å². The molecule has 2 unspecified atom stereocenters. The number of pyridine rings is 1. The number of aryl methyl sites for hydroxylation is 2. The van der Waals surface area contributed by atoms with Crippen molar-refractivity contribution in [1.82, 2.24) is 15.6 Å². The summed E-state index contributed by atoms with van der Waals surface area (Å²) in [5, 5.41) is 6.63. The maximum absolute atomic E-state index is 12.7. The van der Waals surface area contributed by atoms with Crippen molar-refractivity contribution in [2.75, 3.05) is 13.1 Å². The zero-order valence-electron chi connectivity index (χ0n) is 14.1. The second-order valence-corrected chi connectivity index (χ2v) is 7.75. The van der Waals surface area contributed by atoms with Gasteiger partial charge in [0.05, 0.1) is 11.2 Å². The van der Waals surface area contributed by atoms with Crippen molar-refractivity contribution >= 4 is 12.0 Å². The average molecular weight is 311 g/mol. The number of hydrogen-bond acceptors (Lipinski definition) is 3. The fraction of sp³-hybridized carbons (Fsp3) is 0.579. The summed E-state index contributed by atoms with van der Waals surface area (Å²) in [4.78, 5) is 17.5. The van der Waals surface area contributed by atoms with Gasteiger partial charge in [0.1, 0.15) is 0 Å². The second kappa shape index (κ2) is 5.17. The van der Waals surface area contributed by atoms with Crippen molar-refractivity contribution in [3.63, 3.8) is 0 Å². The minimum atomic E-state index is -0.445. The first kappa shape index (κ1) is 14.9. The molecule has 122 valence electrons. The summed E-state index contributed by atoms with van der Waals surface area (Å²) in [7, 11) is 0. The van der Waals surface area contributed by atoms with E-state index in [9.17, 15) is 4.79 Å². The topological polar surface area (TPSA) is 54.0 Å². The fourth-order valence-electron chi connectivity index (χ4n) is 4.32. The van der Waals surface area contributed by atoms with E-state index < -0.39 is 5.54 Å². The van der Waals surface area contributed by atoms with Crippen LogP contribution in [0.3, 0.4) is 0 Å². The van der Waals surface area contributed by atoms with Crippen LogP contribution in [0.15, 0.2) is 12.1 Å². The van der Waals surface area contributed by atoms with E-state index in [1.807, 2.05) is 6.92 Å². The summed E-state index contributed by atoms with van der Waals surface area (Å²) in [5.74, 6) is 1.49. The Kier molecular flexibility index (Phi) is 3.34. The lowest BCUT2D eigenvalue weighted by atomic mass is 9.88. The van der Waals surface area contributed by atoms with Gasteiger partial charge in [0.25, 0.3) is 0 Å². The van der Waals surface area contributed by atoms with E-state index in [1.54, 1.807) is 0 Å². The molecule has 4 heteroatoms. The van der Waals surface area contributed by atoms with Crippen LogP contribution in [0.2, 0.25) is 0 Å². The summed E-state index contributed by atoms with van der Waals surface area (Å²) in [5.41, 5.74) is 4.14. The highest BCUT2D eigenvalue weighted by Crippen LogP contribution is 2.49. The molecule has 0 aromatic carbocycles. The van der Waals surface area contributed by atoms with Gasteiger partial charge in [0, 0.05) is 17.2 Å². The minimum absolute atomic E-state index is 0.198. The third-order valence-corrected chi connectivity index (χ3v) is 5.56. The zero-order chi connectivity index (χ0) is 16.2. The Morgan fingerprint density at radius 1 is 1.35 bits per heavy atom. The molecular formula is C19H25N3O. The molecule has 2 atom stereocenters. The number of carbonyl (C=O) groups is 1. The largest absolute Gasteiger partial charge is 0.345 e. The first-order valence-electron chi connectivity index (χ1n) is 8.67. The third kappa shape index (κ3) is 2.49. The van der Waals surface area contributed by atoms with Gasteiger partial charge in [-0.1, -0.05) is 12.2 Å². The standard InChI is InChI=1S/C19H25N3O/c1-11-8-12-6-4-5-7-13(12)17(21-11)19(2,3)22-18(23)16-14-9-20-10-15(14)16/h5,7-8,14-16,20H,4,6,9-10H2,1-3H3,(H,22,23). The predicted octanol–water partition coefficient (Wildman–Crippen LogP) is 2.17. The first-order chi connectivity index (χ1) is 11.0. The smallest absolute Gasteiger partial charge is 0.224 e. The van der Waals surface area contributed by atoms with Crippen LogP contribution in [-0.4, -0.2) is 24.0 Å². The fourth-order valence-corrected chi connectivity index (χ4v) is 4.32. The molecule has 2 fully saturated rings. The van der Waals surface area contributed by atoms with Crippen LogP contribution in [0.25, 0.3) is 6.08 Å². The van der Waals surface area contributed by atoms with Crippen molar-refractivity contribution in [1.29, 1.82) is 0 Å². The molecule has 1 aliphatic heterocycles. The summed E-state index contributed by atoms with van der Waals surface area (Å²) in [6, 6.07) is 2.18. The Morgan fingerprint density at radius 2 is 2.09 bits per heavy atom. The maximum atomic E-state index is 12.7. The molecule has 3 aliphatic rings. The Balaban J connectivity index is 1.60. The van der Waals surface area contributed by atoms with Crippen molar-refractivity contribution < 1.29 is 4.79 Å². The lowest BCUT2D eigenvalue weighted by Crippen LogP contribution is -2.44. The van der Waals surface area contributed by atoms with E-state index in [2.05, 4.69) is 42.7 Å². The molecule has 2 heterocycles. The third-order valence-electron chi connectivity index (χ3n) is 5.56. The molecule has 23 heavy (non-hydrogen) atoms. The van der Waals surface area contributed by atoms with Crippen molar-refractivity contribution in [3.05, 3.63) is 34.7 Å². The summed E-state index contributed by atoms with van der Waals surface area (Å²) < 4.78 is 0. The summed E-state index contributed by atoms with van der Waals surface area (Å²) in [6.45, 7) is 8.17. The minimum Gasteiger partial charge on any atom is -0.345 e. The van der Waals surface area contributed by atoms with Gasteiger partial charge in [-0.2, -0.15) is 0 Å². The number of rotatable bonds is 3. The molecule has 0 spiro atoms. The first-order valence-corrected chi connectivity index (χ1v) is 8.67. The van der Waals surface area contributed by atoms with Gasteiger partial charge in [-0.25, -0.2) is 0 Å². The summed E-state index contributed by atoms with van der Waals surface area (Å²) in [6.07, 6.45) is 6.52. The lowest BCUT2D eigenvalue weighted by Gasteiger charge is -2.30. The van der Waals surface area contributed by atoms with Crippen LogP contribution in [0, 0.1) is 24.7 Å². The van der Waals surface area contributed by atoms with Crippen LogP contribution in [0.1, 0.15) is 42.8 Å². The summed E-state index contributed by atoms with van der Waals surface area (Å²) >= 11 is 0. The Bertz CT molecular complexity index is 682. The second-order valence-electron chi connectivity index (χ2n) is 7.75. The number of nitrogens with zero attached hydrogens (tertiary/aromatic N) is 1. The molecule has 1 amide bonds. The Morgan fingerprint density at radius 3 is 2.83 bits per heavy atom. The highest BCUT2D eigenvalue weighted by Gasteiger charge is 2.57. The molecule has 1 aromatic heterocycles. The predicted molar refractivity (Wildman–Crippen MR) is 90.8 cm³/mol. The van der Waals surface area contributed by atoms with E-state index in [1.165, 1.54) is 11.1 Å². The SMILES string of the molecule is Cc1cc2c(c(C(C)(C)NC(=O)C3C4CNCC43)n1)C=CCC2. The maximum Gasteiger partial charge on any atom is 0.224 e. The van der Waals surface area contributed by atoms with Gasteiger partial charge >= 0.3 is 0 Å². The van der Waals surface area contributed by atoms with Crippen LogP contribution < -0.4 is 10.6 Å². The van der Waals surface area contributed by atoms with Crippen molar-refractivity contribution in [2.24, 2.45) is 17.8 Å². The van der Waals surface area contributed by atoms with Crippen molar-refractivity contribution in [2.45, 2.75) is 39.2 Å². The van der Waals surface area contributed by atoms with Gasteiger partial charge in [-0.3, -0.25) is 9.78 Å². The monoisotopic (exact) mass is 311 g/mol. The van der Waals surface area contributed by atoms with Crippen LogP contribution in [0.5, 0.6) is 0 Å². The number of aromatic nitrogens is 1. The zero-order valence-corrected chi connectivity index (χ0v) is 14.1.